The van der Waals surface area contributed by atoms with Crippen LogP contribution in [0.3, 0.4) is 0 Å². The molecule has 0 saturated heterocycles. The van der Waals surface area contributed by atoms with Crippen LogP contribution < -0.4 is 0 Å². The van der Waals surface area contributed by atoms with Crippen molar-refractivity contribution in [3.63, 3.8) is 0 Å². The van der Waals surface area contributed by atoms with Gasteiger partial charge in [0.2, 0.25) is 5.95 Å². The molecular weight excluding hydrogens is 247 g/mol. The Morgan fingerprint density at radius 1 is 1.36 bits per heavy atom. The van der Waals surface area contributed by atoms with Crippen molar-refractivity contribution in [2.75, 3.05) is 0 Å². The predicted octanol–water partition coefficient (Wildman–Crippen LogP) is 3.38. The highest BCUT2D eigenvalue weighted by Crippen LogP contribution is 2.45. The molecule has 2 nitrogen and oxygen atoms in total. The number of nitrogens with zero attached hydrogens (tertiary/aromatic N) is 2. The molecule has 1 fully saturated rings. The molecule has 0 spiro atoms. The van der Waals surface area contributed by atoms with Crippen LogP contribution in [0.25, 0.3) is 0 Å². The van der Waals surface area contributed by atoms with E-state index in [0.29, 0.717) is 5.92 Å². The molecule has 1 heterocycles. The molecule has 14 heavy (non-hydrogen) atoms. The monoisotopic (exact) mass is 258 g/mol. The quantitative estimate of drug-likeness (QED) is 0.813. The molecule has 76 valence electrons. The summed E-state index contributed by atoms with van der Waals surface area (Å²) >= 11 is 3.43. The summed E-state index contributed by atoms with van der Waals surface area (Å²) in [4.78, 5) is 0. The Morgan fingerprint density at radius 2 is 2.00 bits per heavy atom. The molecule has 0 aromatic carbocycles. The molecule has 1 saturated carbocycles. The standard InChI is InChI=1S/C10H12BrFN2/c1-5(2)9-8(11)7(6-3-4-6)10(12)14-13-9/h5-6H,3-4H2,1-2H3. The molecule has 2 rings (SSSR count). The molecule has 0 amide bonds. The average molecular weight is 259 g/mol. The van der Waals surface area contributed by atoms with Crippen molar-refractivity contribution in [2.24, 2.45) is 0 Å². The maximum absolute atomic E-state index is 13.4. The van der Waals surface area contributed by atoms with Gasteiger partial charge in [0.25, 0.3) is 0 Å². The van der Waals surface area contributed by atoms with Crippen molar-refractivity contribution in [3.8, 4) is 0 Å². The van der Waals surface area contributed by atoms with E-state index in [1.165, 1.54) is 0 Å². The lowest BCUT2D eigenvalue weighted by Crippen LogP contribution is -2.04. The number of halogens is 2. The van der Waals surface area contributed by atoms with E-state index < -0.39 is 5.95 Å². The van der Waals surface area contributed by atoms with Crippen LogP contribution in [0.15, 0.2) is 4.47 Å². The SMILES string of the molecule is CC(C)c1nnc(F)c(C2CC2)c1Br. The summed E-state index contributed by atoms with van der Waals surface area (Å²) in [5.74, 6) is 0.219. The lowest BCUT2D eigenvalue weighted by molar-refractivity contribution is 0.536. The van der Waals surface area contributed by atoms with Crippen LogP contribution in [0, 0.1) is 5.95 Å². The van der Waals surface area contributed by atoms with E-state index in [1.807, 2.05) is 13.8 Å². The van der Waals surface area contributed by atoms with Crippen molar-refractivity contribution in [1.82, 2.24) is 10.2 Å². The molecule has 0 aliphatic heterocycles. The average Bonchev–Trinajstić information content (AvgIpc) is 2.87. The molecule has 1 aromatic rings. The van der Waals surface area contributed by atoms with Crippen LogP contribution in [0.5, 0.6) is 0 Å². The molecule has 0 N–H and O–H groups in total. The third-order valence-electron chi connectivity index (χ3n) is 2.46. The van der Waals surface area contributed by atoms with E-state index in [4.69, 9.17) is 0 Å². The van der Waals surface area contributed by atoms with E-state index in [-0.39, 0.29) is 5.92 Å². The third kappa shape index (κ3) is 1.67. The summed E-state index contributed by atoms with van der Waals surface area (Å²) in [7, 11) is 0. The summed E-state index contributed by atoms with van der Waals surface area (Å²) < 4.78 is 14.2. The van der Waals surface area contributed by atoms with Crippen molar-refractivity contribution < 1.29 is 4.39 Å². The van der Waals surface area contributed by atoms with Gasteiger partial charge in [0.05, 0.1) is 5.69 Å². The second-order valence-corrected chi connectivity index (χ2v) is 4.83. The van der Waals surface area contributed by atoms with E-state index in [1.54, 1.807) is 0 Å². The lowest BCUT2D eigenvalue weighted by Gasteiger charge is -2.10. The van der Waals surface area contributed by atoms with E-state index in [2.05, 4.69) is 26.1 Å². The zero-order chi connectivity index (χ0) is 10.3. The van der Waals surface area contributed by atoms with Gasteiger partial charge in [-0.3, -0.25) is 0 Å². The number of aromatic nitrogens is 2. The molecule has 0 radical (unpaired) electrons. The molecule has 1 aliphatic carbocycles. The van der Waals surface area contributed by atoms with Crippen LogP contribution in [-0.4, -0.2) is 10.2 Å². The van der Waals surface area contributed by atoms with Gasteiger partial charge in [-0.05, 0) is 40.6 Å². The number of hydrogen-bond acceptors (Lipinski definition) is 2. The highest BCUT2D eigenvalue weighted by atomic mass is 79.9. The van der Waals surface area contributed by atoms with E-state index in [9.17, 15) is 4.39 Å². The fourth-order valence-electron chi connectivity index (χ4n) is 1.51. The van der Waals surface area contributed by atoms with Crippen molar-refractivity contribution in [1.29, 1.82) is 0 Å². The molecule has 1 aromatic heterocycles. The third-order valence-corrected chi connectivity index (χ3v) is 3.30. The minimum Gasteiger partial charge on any atom is -0.183 e. The maximum atomic E-state index is 13.4. The largest absolute Gasteiger partial charge is 0.237 e. The smallest absolute Gasteiger partial charge is 0.183 e. The maximum Gasteiger partial charge on any atom is 0.237 e. The van der Waals surface area contributed by atoms with Crippen LogP contribution in [0.4, 0.5) is 4.39 Å². The van der Waals surface area contributed by atoms with Gasteiger partial charge in [-0.1, -0.05) is 13.8 Å². The van der Waals surface area contributed by atoms with Crippen molar-refractivity contribution in [2.45, 2.75) is 38.5 Å². The Labute approximate surface area is 91.1 Å². The van der Waals surface area contributed by atoms with Crippen LogP contribution >= 0.6 is 15.9 Å². The fourth-order valence-corrected chi connectivity index (χ4v) is 2.54. The molecular formula is C10H12BrFN2. The zero-order valence-electron chi connectivity index (χ0n) is 8.22. The summed E-state index contributed by atoms with van der Waals surface area (Å²) in [5, 5.41) is 7.45. The van der Waals surface area contributed by atoms with Crippen LogP contribution in [0.1, 0.15) is 49.8 Å². The van der Waals surface area contributed by atoms with Gasteiger partial charge in [-0.15, -0.1) is 5.10 Å². The Hall–Kier alpha value is -0.510. The predicted molar refractivity (Wildman–Crippen MR) is 55.8 cm³/mol. The van der Waals surface area contributed by atoms with Crippen molar-refractivity contribution in [3.05, 3.63) is 21.7 Å². The first kappa shape index (κ1) is 10.0. The topological polar surface area (TPSA) is 25.8 Å². The summed E-state index contributed by atoms with van der Waals surface area (Å²) in [6, 6.07) is 0. The van der Waals surface area contributed by atoms with Gasteiger partial charge >= 0.3 is 0 Å². The normalized spacial score (nSPS) is 16.4. The summed E-state index contributed by atoms with van der Waals surface area (Å²) in [6.07, 6.45) is 2.14. The molecule has 1 aliphatic rings. The first-order valence-corrected chi connectivity index (χ1v) is 5.62. The number of rotatable bonds is 2. The van der Waals surface area contributed by atoms with Gasteiger partial charge < -0.3 is 0 Å². The van der Waals surface area contributed by atoms with Gasteiger partial charge in [0.15, 0.2) is 0 Å². The first-order valence-electron chi connectivity index (χ1n) is 4.82. The summed E-state index contributed by atoms with van der Waals surface area (Å²) in [6.45, 7) is 4.06. The highest BCUT2D eigenvalue weighted by Gasteiger charge is 2.31. The van der Waals surface area contributed by atoms with Gasteiger partial charge in [0.1, 0.15) is 0 Å². The Balaban J connectivity index is 2.50. The fraction of sp³-hybridized carbons (Fsp3) is 0.600. The second-order valence-electron chi connectivity index (χ2n) is 4.03. The Morgan fingerprint density at radius 3 is 2.50 bits per heavy atom. The van der Waals surface area contributed by atoms with Crippen LogP contribution in [0.2, 0.25) is 0 Å². The van der Waals surface area contributed by atoms with E-state index in [0.717, 1.165) is 28.6 Å². The Bertz CT molecular complexity index is 361. The highest BCUT2D eigenvalue weighted by molar-refractivity contribution is 9.10. The zero-order valence-corrected chi connectivity index (χ0v) is 9.81. The minimum atomic E-state index is -0.413. The van der Waals surface area contributed by atoms with Gasteiger partial charge in [-0.2, -0.15) is 9.49 Å². The number of hydrogen-bond donors (Lipinski definition) is 0. The molecule has 0 atom stereocenters. The van der Waals surface area contributed by atoms with Crippen LogP contribution in [-0.2, 0) is 0 Å². The van der Waals surface area contributed by atoms with Gasteiger partial charge in [0, 0.05) is 10.0 Å². The summed E-state index contributed by atoms with van der Waals surface area (Å²) in [5.41, 5.74) is 1.58. The van der Waals surface area contributed by atoms with Gasteiger partial charge in [-0.25, -0.2) is 0 Å². The van der Waals surface area contributed by atoms with E-state index >= 15 is 0 Å². The molecule has 4 heteroatoms. The minimum absolute atomic E-state index is 0.273. The lowest BCUT2D eigenvalue weighted by atomic mass is 10.1. The van der Waals surface area contributed by atoms with Crippen molar-refractivity contribution >= 4 is 15.9 Å². The molecule has 0 unspecified atom stereocenters. The molecule has 0 bridgehead atoms. The second kappa shape index (κ2) is 3.57. The Kier molecular flexibility index (Phi) is 2.56. The first-order chi connectivity index (χ1) is 6.61.